The van der Waals surface area contributed by atoms with Gasteiger partial charge in [-0.3, -0.25) is 0 Å². The van der Waals surface area contributed by atoms with Crippen LogP contribution in [0.2, 0.25) is 0 Å². The lowest BCUT2D eigenvalue weighted by Gasteiger charge is -2.37. The SMILES string of the molecule is CC1CC(C)CN(S(=O)(=O)N2CCCC2c2cccs2)C1. The third-order valence-electron chi connectivity index (χ3n) is 4.53. The lowest BCUT2D eigenvalue weighted by atomic mass is 9.94. The Morgan fingerprint density at radius 2 is 1.95 bits per heavy atom. The van der Waals surface area contributed by atoms with Crippen molar-refractivity contribution in [2.45, 2.75) is 39.2 Å². The molecule has 0 aliphatic carbocycles. The molecule has 4 nitrogen and oxygen atoms in total. The summed E-state index contributed by atoms with van der Waals surface area (Å²) >= 11 is 1.66. The maximum absolute atomic E-state index is 13.0. The summed E-state index contributed by atoms with van der Waals surface area (Å²) in [6, 6.07) is 4.11. The number of piperidine rings is 1. The van der Waals surface area contributed by atoms with Gasteiger partial charge in [-0.05, 0) is 42.5 Å². The van der Waals surface area contributed by atoms with E-state index in [1.54, 1.807) is 19.9 Å². The van der Waals surface area contributed by atoms with E-state index in [1.165, 1.54) is 4.88 Å². The van der Waals surface area contributed by atoms with E-state index in [2.05, 4.69) is 19.9 Å². The molecule has 0 saturated carbocycles. The Balaban J connectivity index is 1.83. The summed E-state index contributed by atoms with van der Waals surface area (Å²) in [6.07, 6.45) is 3.03. The minimum Gasteiger partial charge on any atom is -0.195 e. The van der Waals surface area contributed by atoms with Crippen LogP contribution in [0.15, 0.2) is 17.5 Å². The maximum Gasteiger partial charge on any atom is 0.282 e. The monoisotopic (exact) mass is 328 g/mol. The molecule has 3 atom stereocenters. The predicted molar refractivity (Wildman–Crippen MR) is 86.4 cm³/mol. The van der Waals surface area contributed by atoms with Crippen LogP contribution in [0, 0.1) is 11.8 Å². The third-order valence-corrected chi connectivity index (χ3v) is 7.49. The second-order valence-electron chi connectivity index (χ2n) is 6.55. The van der Waals surface area contributed by atoms with Gasteiger partial charge in [-0.15, -0.1) is 11.3 Å². The first-order chi connectivity index (χ1) is 9.98. The summed E-state index contributed by atoms with van der Waals surface area (Å²) in [5.74, 6) is 0.901. The second-order valence-corrected chi connectivity index (χ2v) is 9.42. The van der Waals surface area contributed by atoms with E-state index in [0.29, 0.717) is 31.5 Å². The summed E-state index contributed by atoms with van der Waals surface area (Å²) in [7, 11) is -3.33. The van der Waals surface area contributed by atoms with Crippen LogP contribution < -0.4 is 0 Å². The lowest BCUT2D eigenvalue weighted by molar-refractivity contribution is 0.207. The van der Waals surface area contributed by atoms with Gasteiger partial charge in [-0.2, -0.15) is 17.0 Å². The van der Waals surface area contributed by atoms with Crippen LogP contribution in [0.3, 0.4) is 0 Å². The molecular formula is C15H24N2O2S2. The molecule has 2 saturated heterocycles. The highest BCUT2D eigenvalue weighted by Gasteiger charge is 2.41. The van der Waals surface area contributed by atoms with Crippen molar-refractivity contribution >= 4 is 21.5 Å². The zero-order chi connectivity index (χ0) is 15.0. The molecule has 0 aromatic carbocycles. The van der Waals surface area contributed by atoms with Gasteiger partial charge in [0.25, 0.3) is 10.2 Å². The predicted octanol–water partition coefficient (Wildman–Crippen LogP) is 3.11. The molecule has 3 rings (SSSR count). The quantitative estimate of drug-likeness (QED) is 0.855. The van der Waals surface area contributed by atoms with E-state index in [4.69, 9.17) is 0 Å². The van der Waals surface area contributed by atoms with Crippen molar-refractivity contribution in [3.8, 4) is 0 Å². The zero-order valence-corrected chi connectivity index (χ0v) is 14.4. The molecule has 0 amide bonds. The van der Waals surface area contributed by atoms with Crippen LogP contribution in [-0.2, 0) is 10.2 Å². The standard InChI is InChI=1S/C15H24N2O2S2/c1-12-9-13(2)11-16(10-12)21(18,19)17-7-3-5-14(17)15-6-4-8-20-15/h4,6,8,12-14H,3,5,7,9-11H2,1-2H3. The van der Waals surface area contributed by atoms with Crippen LogP contribution >= 0.6 is 11.3 Å². The Morgan fingerprint density at radius 3 is 2.57 bits per heavy atom. The molecule has 2 aliphatic heterocycles. The highest BCUT2D eigenvalue weighted by Crippen LogP contribution is 2.38. The first-order valence-corrected chi connectivity index (χ1v) is 10.1. The number of nitrogens with zero attached hydrogens (tertiary/aromatic N) is 2. The van der Waals surface area contributed by atoms with Crippen LogP contribution in [0.4, 0.5) is 0 Å². The van der Waals surface area contributed by atoms with Gasteiger partial charge >= 0.3 is 0 Å². The fourth-order valence-electron chi connectivity index (χ4n) is 3.72. The van der Waals surface area contributed by atoms with Crippen molar-refractivity contribution in [1.82, 2.24) is 8.61 Å². The minimum absolute atomic E-state index is 0.0440. The number of hydrogen-bond acceptors (Lipinski definition) is 3. The fraction of sp³-hybridized carbons (Fsp3) is 0.733. The molecule has 1 aromatic heterocycles. The van der Waals surface area contributed by atoms with E-state index in [0.717, 1.165) is 19.3 Å². The highest BCUT2D eigenvalue weighted by molar-refractivity contribution is 7.86. The average Bonchev–Trinajstić information content (AvgIpc) is 3.08. The molecule has 1 aromatic rings. The maximum atomic E-state index is 13.0. The van der Waals surface area contributed by atoms with Crippen LogP contribution in [0.5, 0.6) is 0 Å². The Labute approximate surface area is 131 Å². The summed E-state index contributed by atoms with van der Waals surface area (Å²) in [4.78, 5) is 1.18. The molecule has 0 radical (unpaired) electrons. The summed E-state index contributed by atoms with van der Waals surface area (Å²) in [5, 5.41) is 2.03. The van der Waals surface area contributed by atoms with E-state index in [9.17, 15) is 8.42 Å². The van der Waals surface area contributed by atoms with Crippen molar-refractivity contribution in [2.75, 3.05) is 19.6 Å². The van der Waals surface area contributed by atoms with Gasteiger partial charge in [-0.1, -0.05) is 19.9 Å². The lowest BCUT2D eigenvalue weighted by Crippen LogP contribution is -2.49. The smallest absolute Gasteiger partial charge is 0.195 e. The summed E-state index contributed by atoms with van der Waals surface area (Å²) in [6.45, 7) is 6.29. The van der Waals surface area contributed by atoms with Crippen LogP contribution in [-0.4, -0.2) is 36.7 Å². The normalized spacial score (nSPS) is 32.6. The Morgan fingerprint density at radius 1 is 1.24 bits per heavy atom. The molecule has 2 fully saturated rings. The molecule has 0 bridgehead atoms. The van der Waals surface area contributed by atoms with Gasteiger partial charge in [0.05, 0.1) is 6.04 Å². The van der Waals surface area contributed by atoms with Gasteiger partial charge in [0.2, 0.25) is 0 Å². The third kappa shape index (κ3) is 3.04. The summed E-state index contributed by atoms with van der Waals surface area (Å²) in [5.41, 5.74) is 0. The van der Waals surface area contributed by atoms with Crippen LogP contribution in [0.25, 0.3) is 0 Å². The Hall–Kier alpha value is -0.430. The summed E-state index contributed by atoms with van der Waals surface area (Å²) < 4.78 is 29.5. The molecule has 0 spiro atoms. The minimum atomic E-state index is -3.33. The van der Waals surface area contributed by atoms with Crippen molar-refractivity contribution in [2.24, 2.45) is 11.8 Å². The van der Waals surface area contributed by atoms with Gasteiger partial charge < -0.3 is 0 Å². The van der Waals surface area contributed by atoms with Gasteiger partial charge in [0, 0.05) is 24.5 Å². The largest absolute Gasteiger partial charge is 0.282 e. The molecule has 6 heteroatoms. The van der Waals surface area contributed by atoms with E-state index >= 15 is 0 Å². The topological polar surface area (TPSA) is 40.6 Å². The number of rotatable bonds is 3. The van der Waals surface area contributed by atoms with E-state index in [1.807, 2.05) is 11.4 Å². The van der Waals surface area contributed by atoms with Crippen molar-refractivity contribution < 1.29 is 8.42 Å². The van der Waals surface area contributed by atoms with Crippen LogP contribution in [0.1, 0.15) is 44.0 Å². The van der Waals surface area contributed by atoms with E-state index in [-0.39, 0.29) is 6.04 Å². The zero-order valence-electron chi connectivity index (χ0n) is 12.7. The molecule has 0 N–H and O–H groups in total. The number of hydrogen-bond donors (Lipinski definition) is 0. The Bertz CT molecular complexity index is 561. The first-order valence-electron chi connectivity index (χ1n) is 7.79. The first kappa shape index (κ1) is 15.5. The van der Waals surface area contributed by atoms with Crippen molar-refractivity contribution in [3.05, 3.63) is 22.4 Å². The van der Waals surface area contributed by atoms with Gasteiger partial charge in [0.1, 0.15) is 0 Å². The van der Waals surface area contributed by atoms with Gasteiger partial charge in [0.15, 0.2) is 0 Å². The molecule has 2 aliphatic rings. The number of thiophene rings is 1. The second kappa shape index (κ2) is 5.99. The van der Waals surface area contributed by atoms with Gasteiger partial charge in [-0.25, -0.2) is 0 Å². The molecule has 3 heterocycles. The molecule has 21 heavy (non-hydrogen) atoms. The highest BCUT2D eigenvalue weighted by atomic mass is 32.2. The Kier molecular flexibility index (Phi) is 4.41. The van der Waals surface area contributed by atoms with Crippen molar-refractivity contribution in [3.63, 3.8) is 0 Å². The molecular weight excluding hydrogens is 304 g/mol. The molecule has 118 valence electrons. The molecule has 3 unspecified atom stereocenters. The van der Waals surface area contributed by atoms with Crippen molar-refractivity contribution in [1.29, 1.82) is 0 Å². The fourth-order valence-corrected chi connectivity index (χ4v) is 6.75. The average molecular weight is 329 g/mol. The van der Waals surface area contributed by atoms with E-state index < -0.39 is 10.2 Å².